The molecule has 0 atom stereocenters. The summed E-state index contributed by atoms with van der Waals surface area (Å²) in [5.74, 6) is 0.583. The number of hydrogen-bond donors (Lipinski definition) is 0. The number of fused-ring (bicyclic) bond motifs is 3. The van der Waals surface area contributed by atoms with Crippen LogP contribution in [-0.4, -0.2) is 20.7 Å². The molecule has 1 aromatic heterocycles. The van der Waals surface area contributed by atoms with E-state index in [1.807, 2.05) is 41.5 Å². The number of aromatic nitrogens is 1. The monoisotopic (exact) mass is 1210 g/mol. The first-order chi connectivity index (χ1) is 42.4. The third-order valence-corrected chi connectivity index (χ3v) is 26.0. The Kier molecular flexibility index (Phi) is 24.1. The van der Waals surface area contributed by atoms with Crippen molar-refractivity contribution in [3.05, 3.63) is 290 Å². The first-order valence-electron chi connectivity index (χ1n) is 32.4. The van der Waals surface area contributed by atoms with Gasteiger partial charge in [-0.2, -0.15) is 5.26 Å². The second-order valence-corrected chi connectivity index (χ2v) is 37.1. The van der Waals surface area contributed by atoms with Crippen LogP contribution >= 0.6 is 0 Å². The average molecular weight is 1210 g/mol. The van der Waals surface area contributed by atoms with Crippen LogP contribution in [0, 0.1) is 28.6 Å². The summed E-state index contributed by atoms with van der Waals surface area (Å²) >= 11 is 0. The molecule has 4 heteroatoms. The van der Waals surface area contributed by atoms with E-state index in [2.05, 4.69) is 373 Å². The Morgan fingerprint density at radius 3 is 0.899 bits per heavy atom. The maximum absolute atomic E-state index is 8.15. The third-order valence-electron chi connectivity index (χ3n) is 15.4. The molecular formula is C85H102N2Si2. The molecule has 11 rings (SSSR count). The van der Waals surface area contributed by atoms with Gasteiger partial charge >= 0.3 is 0 Å². The molecule has 0 N–H and O–H groups in total. The fourth-order valence-electron chi connectivity index (χ4n) is 11.5. The van der Waals surface area contributed by atoms with Gasteiger partial charge in [-0.1, -0.05) is 359 Å². The predicted octanol–water partition coefficient (Wildman–Crippen LogP) is 19.3. The van der Waals surface area contributed by atoms with Gasteiger partial charge in [-0.3, -0.25) is 0 Å². The van der Waals surface area contributed by atoms with Gasteiger partial charge in [-0.05, 0) is 120 Å². The maximum atomic E-state index is 8.15. The molecule has 0 unspecified atom stereocenters. The molecule has 0 amide bonds. The predicted molar refractivity (Wildman–Crippen MR) is 398 cm³/mol. The topological polar surface area (TPSA) is 28.7 Å². The van der Waals surface area contributed by atoms with E-state index in [0.29, 0.717) is 0 Å². The molecule has 0 radical (unpaired) electrons. The van der Waals surface area contributed by atoms with E-state index in [1.54, 1.807) is 0 Å². The van der Waals surface area contributed by atoms with Crippen molar-refractivity contribution in [1.82, 2.24) is 4.57 Å². The zero-order valence-corrected chi connectivity index (χ0v) is 59.0. The Morgan fingerprint density at radius 2 is 0.607 bits per heavy atom. The van der Waals surface area contributed by atoms with Crippen molar-refractivity contribution in [3.63, 3.8) is 0 Å². The Balaban J connectivity index is 0.000000194. The van der Waals surface area contributed by atoms with Gasteiger partial charge in [0.25, 0.3) is 0 Å². The van der Waals surface area contributed by atoms with Gasteiger partial charge in [0.1, 0.15) is 0 Å². The molecule has 0 fully saturated rings. The zero-order chi connectivity index (χ0) is 66.0. The highest BCUT2D eigenvalue weighted by molar-refractivity contribution is 7.20. The highest BCUT2D eigenvalue weighted by Crippen LogP contribution is 2.36. The van der Waals surface area contributed by atoms with Gasteiger partial charge in [0, 0.05) is 23.2 Å². The Morgan fingerprint density at radius 1 is 0.348 bits per heavy atom. The number of nitriles is 1. The molecule has 89 heavy (non-hydrogen) atoms. The molecule has 0 saturated carbocycles. The van der Waals surface area contributed by atoms with E-state index in [-0.39, 0.29) is 27.2 Å². The average Bonchev–Trinajstić information content (AvgIpc) is 0.879. The van der Waals surface area contributed by atoms with Crippen LogP contribution in [0.1, 0.15) is 137 Å². The van der Waals surface area contributed by atoms with Crippen LogP contribution < -0.4 is 36.3 Å². The quantitative estimate of drug-likeness (QED) is 0.110. The van der Waals surface area contributed by atoms with Crippen molar-refractivity contribution in [1.29, 1.82) is 5.26 Å². The van der Waals surface area contributed by atoms with Crippen LogP contribution in [-0.2, 0) is 10.8 Å². The smallest absolute Gasteiger partial charge is 0.179 e. The molecular weight excluding hydrogens is 1110 g/mol. The molecule has 460 valence electrons. The fraction of sp³-hybridized carbons (Fsp3) is 0.282. The first-order valence-corrected chi connectivity index (χ1v) is 35.9. The van der Waals surface area contributed by atoms with Crippen molar-refractivity contribution >= 4 is 74.3 Å². The Hall–Kier alpha value is -8.08. The van der Waals surface area contributed by atoms with Gasteiger partial charge in [0.15, 0.2) is 16.1 Å². The largest absolute Gasteiger partial charge is 0.309 e. The summed E-state index contributed by atoms with van der Waals surface area (Å²) in [5.41, 5.74) is 6.61. The number of rotatable bonds is 8. The zero-order valence-electron chi connectivity index (χ0n) is 58.0. The van der Waals surface area contributed by atoms with E-state index < -0.39 is 16.1 Å². The molecule has 0 aliphatic heterocycles. The molecule has 2 nitrogen and oxygen atoms in total. The van der Waals surface area contributed by atoms with Crippen LogP contribution in [0.25, 0.3) is 27.5 Å². The van der Waals surface area contributed by atoms with Gasteiger partial charge in [0.05, 0.1) is 17.1 Å². The van der Waals surface area contributed by atoms with Crippen molar-refractivity contribution < 1.29 is 1.37 Å². The van der Waals surface area contributed by atoms with E-state index in [1.165, 1.54) is 74.9 Å². The lowest BCUT2D eigenvalue weighted by Gasteiger charge is -2.44. The molecule has 10 aromatic carbocycles. The fourth-order valence-corrected chi connectivity index (χ4v) is 21.9. The normalized spacial score (nSPS) is 12.0. The summed E-state index contributed by atoms with van der Waals surface area (Å²) in [4.78, 5) is 0. The lowest BCUT2D eigenvalue weighted by Crippen LogP contribution is -2.74. The lowest BCUT2D eigenvalue weighted by atomic mass is 9.87. The van der Waals surface area contributed by atoms with Crippen LogP contribution in [0.5, 0.6) is 0 Å². The summed E-state index contributed by atoms with van der Waals surface area (Å²) in [7, 11) is -4.54. The molecule has 1 heterocycles. The maximum Gasteiger partial charge on any atom is 0.179 e. The van der Waals surface area contributed by atoms with Crippen LogP contribution in [0.4, 0.5) is 0 Å². The standard InChI is InChI=1S/C28H28Si.C22H21N.C22H24Si.C5H9N.2C4H10/c1-28(2,3)23-14-13-21-27(22-23)29(24-15-7-4-8-16-24,25-17-9-5-10-18-25)26-19-11-6-12-20-26;1-22(2,3)16-9-8-10-17(15-16)23-20-13-6-4-11-18(20)19-12-5-7-14-21(19)23;1-22(2,3)23(19-13-7-4-8-14-19,20-15-9-5-10-16-20)21-17-11-6-12-18-21;1-5(2,3)4-6;2*1-4(2)3/h4-22H,1-3H3;4-15H,1-3H3;4-18H,1-3H3;1-3H3;2*4H,1-3H3/i;;;;4D;. The van der Waals surface area contributed by atoms with E-state index in [0.717, 1.165) is 5.92 Å². The molecule has 0 spiro atoms. The Bertz CT molecular complexity index is 3690. The molecule has 11 aromatic rings. The SMILES string of the molecule is CC(C)(C)C#N.CC(C)(C)[Si](c1ccccc1)(c1ccccc1)c1ccccc1.CC(C)(C)c1cccc(-n2c3ccccc3c3ccccc32)c1.CC(C)(C)c1cccc([Si](c2ccccc2)(c2ccccc2)c2ccccc2)c1.CC(C)C.[2H]C(C)(C)C. The van der Waals surface area contributed by atoms with Crippen molar-refractivity contribution in [2.75, 3.05) is 0 Å². The number of hydrogen-bond acceptors (Lipinski definition) is 1. The van der Waals surface area contributed by atoms with Gasteiger partial charge in [-0.25, -0.2) is 0 Å². The van der Waals surface area contributed by atoms with Crippen LogP contribution in [0.3, 0.4) is 0 Å². The highest BCUT2D eigenvalue weighted by Gasteiger charge is 2.49. The molecule has 0 bridgehead atoms. The van der Waals surface area contributed by atoms with E-state index in [4.69, 9.17) is 6.63 Å². The lowest BCUT2D eigenvalue weighted by molar-refractivity contribution is 0.561. The third kappa shape index (κ3) is 18.1. The number of para-hydroxylation sites is 2. The molecule has 0 aliphatic carbocycles. The van der Waals surface area contributed by atoms with Gasteiger partial charge in [0.2, 0.25) is 0 Å². The second kappa shape index (κ2) is 31.4. The minimum Gasteiger partial charge on any atom is -0.309 e. The summed E-state index contributed by atoms with van der Waals surface area (Å²) in [6, 6.07) is 104. The van der Waals surface area contributed by atoms with E-state index >= 15 is 0 Å². The van der Waals surface area contributed by atoms with Gasteiger partial charge < -0.3 is 4.57 Å². The van der Waals surface area contributed by atoms with Crippen LogP contribution in [0.2, 0.25) is 5.04 Å². The second-order valence-electron chi connectivity index (χ2n) is 28.5. The van der Waals surface area contributed by atoms with Crippen molar-refractivity contribution in [3.8, 4) is 11.8 Å². The van der Waals surface area contributed by atoms with Gasteiger partial charge in [-0.15, -0.1) is 0 Å². The van der Waals surface area contributed by atoms with Crippen molar-refractivity contribution in [2.24, 2.45) is 17.2 Å². The number of nitrogens with zero attached hydrogens (tertiary/aromatic N) is 2. The van der Waals surface area contributed by atoms with Crippen LogP contribution in [0.15, 0.2) is 279 Å². The summed E-state index contributed by atoms with van der Waals surface area (Å²) in [5, 5.41) is 21.1. The minimum absolute atomic E-state index is 0.111. The van der Waals surface area contributed by atoms with Crippen molar-refractivity contribution in [2.45, 2.75) is 140 Å². The summed E-state index contributed by atoms with van der Waals surface area (Å²) in [6.07, 6.45) is 0. The number of benzene rings is 10. The van der Waals surface area contributed by atoms with E-state index in [9.17, 15) is 0 Å². The Labute approximate surface area is 541 Å². The summed E-state index contributed by atoms with van der Waals surface area (Å²) < 4.78 is 9.31. The highest BCUT2D eigenvalue weighted by atomic mass is 28.3. The molecule has 0 saturated heterocycles. The molecule has 0 aliphatic rings. The minimum atomic E-state index is -2.41. The summed E-state index contributed by atoms with van der Waals surface area (Å²) in [6.45, 7) is 38.6. The first kappa shape index (κ1) is 68.4.